The zero-order chi connectivity index (χ0) is 19.2. The van der Waals surface area contributed by atoms with Gasteiger partial charge < -0.3 is 10.1 Å². The molecular weight excluding hydrogens is 384 g/mol. The van der Waals surface area contributed by atoms with Gasteiger partial charge in [0, 0.05) is 10.7 Å². The largest absolute Gasteiger partial charge is 0.486 e. The number of H-pyrrole nitrogens is 1. The lowest BCUT2D eigenvalue weighted by molar-refractivity contribution is -0.113. The van der Waals surface area contributed by atoms with Crippen LogP contribution >= 0.6 is 23.4 Å². The molecule has 0 spiro atoms. The highest BCUT2D eigenvalue weighted by molar-refractivity contribution is 7.99. The first-order chi connectivity index (χ1) is 13.0. The van der Waals surface area contributed by atoms with Crippen LogP contribution in [0.15, 0.2) is 47.6 Å². The van der Waals surface area contributed by atoms with E-state index in [1.807, 2.05) is 44.2 Å². The van der Waals surface area contributed by atoms with E-state index >= 15 is 0 Å². The van der Waals surface area contributed by atoms with E-state index in [0.29, 0.717) is 21.8 Å². The normalized spacial score (nSPS) is 10.6. The molecule has 8 heteroatoms. The van der Waals surface area contributed by atoms with Crippen LogP contribution in [0.4, 0.5) is 5.69 Å². The fourth-order valence-electron chi connectivity index (χ4n) is 2.32. The van der Waals surface area contributed by atoms with Crippen LogP contribution in [0, 0.1) is 13.8 Å². The second kappa shape index (κ2) is 8.92. The number of nitrogens with zero attached hydrogens (tertiary/aromatic N) is 2. The fourth-order valence-corrected chi connectivity index (χ4v) is 3.05. The monoisotopic (exact) mass is 402 g/mol. The molecule has 0 bridgehead atoms. The van der Waals surface area contributed by atoms with Gasteiger partial charge in [-0.15, -0.1) is 5.10 Å². The zero-order valence-corrected chi connectivity index (χ0v) is 16.5. The van der Waals surface area contributed by atoms with E-state index in [1.54, 1.807) is 12.1 Å². The number of hydrogen-bond donors (Lipinski definition) is 2. The molecule has 3 rings (SSSR count). The van der Waals surface area contributed by atoms with Gasteiger partial charge in [-0.2, -0.15) is 0 Å². The third kappa shape index (κ3) is 5.74. The van der Waals surface area contributed by atoms with Crippen LogP contribution in [0.25, 0.3) is 0 Å². The standard InChI is InChI=1S/C19H19ClN4O2S/c1-12-4-3-5-14(8-12)21-18(25)11-27-19-22-17(23-24-19)10-26-15-6-7-16(20)13(2)9-15/h3-9H,10-11H2,1-2H3,(H,21,25)(H,22,23,24). The van der Waals surface area contributed by atoms with E-state index in [0.717, 1.165) is 16.8 Å². The first kappa shape index (κ1) is 19.3. The smallest absolute Gasteiger partial charge is 0.234 e. The van der Waals surface area contributed by atoms with E-state index in [1.165, 1.54) is 11.8 Å². The summed E-state index contributed by atoms with van der Waals surface area (Å²) in [4.78, 5) is 16.4. The van der Waals surface area contributed by atoms with Crippen molar-refractivity contribution in [1.29, 1.82) is 0 Å². The van der Waals surface area contributed by atoms with E-state index in [2.05, 4.69) is 20.5 Å². The molecule has 0 radical (unpaired) electrons. The third-order valence-corrected chi connectivity index (χ3v) is 4.92. The molecule has 1 aromatic heterocycles. The zero-order valence-electron chi connectivity index (χ0n) is 15.0. The molecular formula is C19H19ClN4O2S. The lowest BCUT2D eigenvalue weighted by atomic mass is 10.2. The Morgan fingerprint density at radius 1 is 1.26 bits per heavy atom. The number of aryl methyl sites for hydroxylation is 2. The number of aromatic amines is 1. The number of hydrogen-bond acceptors (Lipinski definition) is 5. The van der Waals surface area contributed by atoms with Crippen LogP contribution in [-0.2, 0) is 11.4 Å². The molecule has 6 nitrogen and oxygen atoms in total. The molecule has 2 N–H and O–H groups in total. The highest BCUT2D eigenvalue weighted by atomic mass is 35.5. The average molecular weight is 403 g/mol. The van der Waals surface area contributed by atoms with Crippen molar-refractivity contribution in [2.75, 3.05) is 11.1 Å². The van der Waals surface area contributed by atoms with Gasteiger partial charge in [0.1, 0.15) is 12.4 Å². The van der Waals surface area contributed by atoms with Gasteiger partial charge in [-0.25, -0.2) is 4.98 Å². The van der Waals surface area contributed by atoms with Crippen molar-refractivity contribution in [3.8, 4) is 5.75 Å². The number of amides is 1. The summed E-state index contributed by atoms with van der Waals surface area (Å²) in [5.41, 5.74) is 2.82. The second-order valence-electron chi connectivity index (χ2n) is 5.97. The van der Waals surface area contributed by atoms with Crippen LogP contribution in [0.5, 0.6) is 5.75 Å². The maximum Gasteiger partial charge on any atom is 0.234 e. The minimum Gasteiger partial charge on any atom is -0.486 e. The van der Waals surface area contributed by atoms with Gasteiger partial charge in [-0.3, -0.25) is 9.89 Å². The Kier molecular flexibility index (Phi) is 6.36. The van der Waals surface area contributed by atoms with Crippen molar-refractivity contribution in [3.63, 3.8) is 0 Å². The number of anilines is 1. The summed E-state index contributed by atoms with van der Waals surface area (Å²) in [5, 5.41) is 11.0. The van der Waals surface area contributed by atoms with Gasteiger partial charge in [0.25, 0.3) is 0 Å². The topological polar surface area (TPSA) is 79.9 Å². The lowest BCUT2D eigenvalue weighted by Gasteiger charge is -2.05. The number of carbonyl (C=O) groups excluding carboxylic acids is 1. The Bertz CT molecular complexity index is 945. The van der Waals surface area contributed by atoms with Gasteiger partial charge in [0.05, 0.1) is 5.75 Å². The summed E-state index contributed by atoms with van der Waals surface area (Å²) < 4.78 is 5.68. The summed E-state index contributed by atoms with van der Waals surface area (Å²) in [7, 11) is 0. The van der Waals surface area contributed by atoms with E-state index in [9.17, 15) is 4.79 Å². The van der Waals surface area contributed by atoms with Crippen molar-refractivity contribution < 1.29 is 9.53 Å². The third-order valence-electron chi connectivity index (χ3n) is 3.65. The van der Waals surface area contributed by atoms with Crippen molar-refractivity contribution >= 4 is 35.0 Å². The van der Waals surface area contributed by atoms with Gasteiger partial charge in [-0.05, 0) is 55.3 Å². The van der Waals surface area contributed by atoms with E-state index in [4.69, 9.17) is 16.3 Å². The molecule has 0 saturated carbocycles. The molecule has 27 heavy (non-hydrogen) atoms. The molecule has 3 aromatic rings. The Morgan fingerprint density at radius 3 is 2.89 bits per heavy atom. The van der Waals surface area contributed by atoms with Crippen LogP contribution < -0.4 is 10.1 Å². The highest BCUT2D eigenvalue weighted by Crippen LogP contribution is 2.22. The number of thioether (sulfide) groups is 1. The number of nitrogens with one attached hydrogen (secondary N) is 2. The summed E-state index contributed by atoms with van der Waals surface area (Å²) >= 11 is 7.26. The average Bonchev–Trinajstić information content (AvgIpc) is 3.09. The van der Waals surface area contributed by atoms with Crippen molar-refractivity contribution in [3.05, 3.63) is 64.4 Å². The predicted octanol–water partition coefficient (Wildman–Crippen LogP) is 4.38. The lowest BCUT2D eigenvalue weighted by Crippen LogP contribution is -2.14. The molecule has 0 aliphatic carbocycles. The molecule has 0 aliphatic rings. The van der Waals surface area contributed by atoms with Gasteiger partial charge in [-0.1, -0.05) is 35.5 Å². The molecule has 0 unspecified atom stereocenters. The first-order valence-electron chi connectivity index (χ1n) is 8.29. The minimum atomic E-state index is -0.107. The minimum absolute atomic E-state index is 0.107. The fraction of sp³-hybridized carbons (Fsp3) is 0.211. The molecule has 0 saturated heterocycles. The summed E-state index contributed by atoms with van der Waals surface area (Å²) in [6.07, 6.45) is 0. The van der Waals surface area contributed by atoms with Crippen molar-refractivity contribution in [2.24, 2.45) is 0 Å². The molecule has 2 aromatic carbocycles. The van der Waals surface area contributed by atoms with Crippen LogP contribution in [0.3, 0.4) is 0 Å². The van der Waals surface area contributed by atoms with Gasteiger partial charge in [0.2, 0.25) is 11.1 Å². The van der Waals surface area contributed by atoms with Crippen LogP contribution in [0.2, 0.25) is 5.02 Å². The molecule has 0 aliphatic heterocycles. The Hall–Kier alpha value is -2.51. The van der Waals surface area contributed by atoms with Crippen LogP contribution in [0.1, 0.15) is 17.0 Å². The predicted molar refractivity (Wildman–Crippen MR) is 107 cm³/mol. The molecule has 1 amide bonds. The molecule has 0 atom stereocenters. The summed E-state index contributed by atoms with van der Waals surface area (Å²) in [6, 6.07) is 13.1. The number of aromatic nitrogens is 3. The van der Waals surface area contributed by atoms with Crippen molar-refractivity contribution in [1.82, 2.24) is 15.2 Å². The van der Waals surface area contributed by atoms with E-state index < -0.39 is 0 Å². The van der Waals surface area contributed by atoms with Gasteiger partial charge >= 0.3 is 0 Å². The summed E-state index contributed by atoms with van der Waals surface area (Å²) in [5.74, 6) is 1.41. The first-order valence-corrected chi connectivity index (χ1v) is 9.65. The second-order valence-corrected chi connectivity index (χ2v) is 7.32. The number of rotatable bonds is 7. The van der Waals surface area contributed by atoms with Crippen molar-refractivity contribution in [2.45, 2.75) is 25.6 Å². The number of carbonyl (C=O) groups is 1. The Labute approximate surface area is 166 Å². The molecule has 140 valence electrons. The Morgan fingerprint density at radius 2 is 2.11 bits per heavy atom. The number of ether oxygens (including phenoxy) is 1. The summed E-state index contributed by atoms with van der Waals surface area (Å²) in [6.45, 7) is 4.15. The number of halogens is 1. The molecule has 1 heterocycles. The molecule has 0 fully saturated rings. The maximum absolute atomic E-state index is 12.0. The van der Waals surface area contributed by atoms with E-state index in [-0.39, 0.29) is 18.3 Å². The SMILES string of the molecule is Cc1cccc(NC(=O)CSc2n[nH]c(COc3ccc(Cl)c(C)c3)n2)c1. The highest BCUT2D eigenvalue weighted by Gasteiger charge is 2.09. The van der Waals surface area contributed by atoms with Crippen LogP contribution in [-0.4, -0.2) is 26.8 Å². The number of benzene rings is 2. The maximum atomic E-state index is 12.0. The quantitative estimate of drug-likeness (QED) is 0.573. The Balaban J connectivity index is 1.47. The van der Waals surface area contributed by atoms with Gasteiger partial charge in [0.15, 0.2) is 5.82 Å².